The molecule has 0 aromatic rings. The molecule has 3 heteroatoms. The summed E-state index contributed by atoms with van der Waals surface area (Å²) in [4.78, 5) is 12.5. The smallest absolute Gasteiger partial charge is 0.162 e. The van der Waals surface area contributed by atoms with Gasteiger partial charge in [0.2, 0.25) is 0 Å². The fraction of sp³-hybridized carbons (Fsp3) is 0.750. The number of rotatable bonds is 1. The molecule has 2 N–H and O–H groups in total. The molecule has 0 aromatic heterocycles. The SMILES string of the molecule is CO[C@H]1C(=O)C[C@H]2[C@@H]3CC=C4CC(N)=CC[C@]4(C)[C@H]3CC[C@]12C. The molecule has 2 saturated carbocycles. The molecule has 3 nitrogen and oxygen atoms in total. The molecule has 4 rings (SSSR count). The van der Waals surface area contributed by atoms with Gasteiger partial charge >= 0.3 is 0 Å². The second kappa shape index (κ2) is 4.95. The lowest BCUT2D eigenvalue weighted by molar-refractivity contribution is -0.131. The molecule has 4 aliphatic carbocycles. The lowest BCUT2D eigenvalue weighted by atomic mass is 9.48. The van der Waals surface area contributed by atoms with Crippen LogP contribution in [0, 0.1) is 28.6 Å². The molecule has 2 fully saturated rings. The summed E-state index contributed by atoms with van der Waals surface area (Å²) in [6.07, 6.45) is 10.7. The van der Waals surface area contributed by atoms with Crippen molar-refractivity contribution < 1.29 is 9.53 Å². The standard InChI is InChI=1S/C20H29NO2/c1-19-8-6-13(21)10-12(19)4-5-14-15(19)7-9-20(2)16(14)11-17(22)18(20)23-3/h4,6,14-16,18H,5,7-11,21H2,1-3H3/t14-,15+,16+,18+,19+,20+/m1/s1. The quantitative estimate of drug-likeness (QED) is 0.752. The number of ether oxygens (including phenoxy) is 1. The fourth-order valence-electron chi connectivity index (χ4n) is 6.50. The second-order valence-electron chi connectivity index (χ2n) is 8.75. The number of allylic oxidation sites excluding steroid dienone is 3. The highest BCUT2D eigenvalue weighted by atomic mass is 16.5. The van der Waals surface area contributed by atoms with Gasteiger partial charge in [-0.2, -0.15) is 0 Å². The van der Waals surface area contributed by atoms with Crippen LogP contribution in [-0.2, 0) is 9.53 Å². The summed E-state index contributed by atoms with van der Waals surface area (Å²) in [5.41, 5.74) is 8.96. The maximum absolute atomic E-state index is 12.5. The number of carbonyl (C=O) groups excluding carboxylic acids is 1. The molecule has 0 amide bonds. The van der Waals surface area contributed by atoms with E-state index in [1.165, 1.54) is 6.42 Å². The Labute approximate surface area is 139 Å². The minimum Gasteiger partial charge on any atom is -0.402 e. The van der Waals surface area contributed by atoms with Gasteiger partial charge in [0, 0.05) is 31.1 Å². The molecule has 0 heterocycles. The monoisotopic (exact) mass is 315 g/mol. The first-order chi connectivity index (χ1) is 10.9. The van der Waals surface area contributed by atoms with Gasteiger partial charge < -0.3 is 10.5 Å². The van der Waals surface area contributed by atoms with Crippen LogP contribution in [0.15, 0.2) is 23.4 Å². The Morgan fingerprint density at radius 1 is 1.26 bits per heavy atom. The summed E-state index contributed by atoms with van der Waals surface area (Å²) in [5.74, 6) is 2.12. The van der Waals surface area contributed by atoms with Gasteiger partial charge in [-0.25, -0.2) is 0 Å². The number of Topliss-reactive ketones (excluding diaryl/α,β-unsaturated/α-hetero) is 1. The van der Waals surface area contributed by atoms with Crippen molar-refractivity contribution in [3.8, 4) is 0 Å². The average Bonchev–Trinajstić information content (AvgIpc) is 2.77. The molecular weight excluding hydrogens is 286 g/mol. The molecule has 0 spiro atoms. The predicted octanol–water partition coefficient (Wildman–Crippen LogP) is 3.60. The normalized spacial score (nSPS) is 48.9. The highest BCUT2D eigenvalue weighted by Crippen LogP contribution is 2.64. The molecule has 0 bridgehead atoms. The van der Waals surface area contributed by atoms with Gasteiger partial charge in [-0.3, -0.25) is 4.79 Å². The summed E-state index contributed by atoms with van der Waals surface area (Å²) in [6, 6.07) is 0. The minimum atomic E-state index is -0.187. The van der Waals surface area contributed by atoms with Crippen LogP contribution in [0.5, 0.6) is 0 Å². The van der Waals surface area contributed by atoms with E-state index >= 15 is 0 Å². The molecule has 4 aliphatic rings. The van der Waals surface area contributed by atoms with Crippen LogP contribution in [0.25, 0.3) is 0 Å². The third kappa shape index (κ3) is 1.95. The van der Waals surface area contributed by atoms with E-state index in [4.69, 9.17) is 10.5 Å². The van der Waals surface area contributed by atoms with E-state index in [0.29, 0.717) is 30.0 Å². The fourth-order valence-corrected chi connectivity index (χ4v) is 6.50. The zero-order chi connectivity index (χ0) is 16.4. The van der Waals surface area contributed by atoms with Crippen molar-refractivity contribution in [1.82, 2.24) is 0 Å². The average molecular weight is 315 g/mol. The zero-order valence-electron chi connectivity index (χ0n) is 14.6. The molecule has 0 saturated heterocycles. The summed E-state index contributed by atoms with van der Waals surface area (Å²) < 4.78 is 5.63. The Hall–Kier alpha value is -1.09. The van der Waals surface area contributed by atoms with Gasteiger partial charge in [-0.05, 0) is 48.9 Å². The summed E-state index contributed by atoms with van der Waals surface area (Å²) in [7, 11) is 1.71. The van der Waals surface area contributed by atoms with Gasteiger partial charge in [0.05, 0.1) is 0 Å². The van der Waals surface area contributed by atoms with Crippen LogP contribution < -0.4 is 5.73 Å². The Balaban J connectivity index is 1.70. The Morgan fingerprint density at radius 2 is 2.04 bits per heavy atom. The summed E-state index contributed by atoms with van der Waals surface area (Å²) in [6.45, 7) is 4.74. The molecule has 126 valence electrons. The van der Waals surface area contributed by atoms with E-state index in [1.54, 1.807) is 12.7 Å². The third-order valence-corrected chi connectivity index (χ3v) is 7.79. The van der Waals surface area contributed by atoms with Crippen molar-refractivity contribution in [3.63, 3.8) is 0 Å². The molecule has 0 unspecified atom stereocenters. The number of hydrogen-bond acceptors (Lipinski definition) is 3. The zero-order valence-corrected chi connectivity index (χ0v) is 14.6. The first-order valence-corrected chi connectivity index (χ1v) is 9.09. The summed E-state index contributed by atoms with van der Waals surface area (Å²) >= 11 is 0. The lowest BCUT2D eigenvalue weighted by Crippen LogP contribution is -2.50. The third-order valence-electron chi connectivity index (χ3n) is 7.79. The Morgan fingerprint density at radius 3 is 2.78 bits per heavy atom. The van der Waals surface area contributed by atoms with Gasteiger partial charge in [-0.1, -0.05) is 31.6 Å². The molecule has 23 heavy (non-hydrogen) atoms. The van der Waals surface area contributed by atoms with Crippen LogP contribution in [0.4, 0.5) is 0 Å². The predicted molar refractivity (Wildman–Crippen MR) is 90.5 cm³/mol. The molecular formula is C20H29NO2. The van der Waals surface area contributed by atoms with Crippen LogP contribution >= 0.6 is 0 Å². The number of ketones is 1. The van der Waals surface area contributed by atoms with Gasteiger partial charge in [0.15, 0.2) is 5.78 Å². The number of carbonyl (C=O) groups is 1. The van der Waals surface area contributed by atoms with Crippen molar-refractivity contribution in [2.45, 2.75) is 58.5 Å². The van der Waals surface area contributed by atoms with Crippen molar-refractivity contribution in [2.75, 3.05) is 7.11 Å². The second-order valence-corrected chi connectivity index (χ2v) is 8.75. The van der Waals surface area contributed by atoms with E-state index in [9.17, 15) is 4.79 Å². The minimum absolute atomic E-state index is 0.0399. The summed E-state index contributed by atoms with van der Waals surface area (Å²) in [5, 5.41) is 0. The molecule has 0 aromatic carbocycles. The Bertz CT molecular complexity index is 607. The number of hydrogen-bond donors (Lipinski definition) is 1. The lowest BCUT2D eigenvalue weighted by Gasteiger charge is -2.56. The van der Waals surface area contributed by atoms with Gasteiger partial charge in [-0.15, -0.1) is 0 Å². The van der Waals surface area contributed by atoms with Crippen LogP contribution in [0.2, 0.25) is 0 Å². The number of nitrogens with two attached hydrogens (primary N) is 1. The van der Waals surface area contributed by atoms with E-state index < -0.39 is 0 Å². The van der Waals surface area contributed by atoms with E-state index in [0.717, 1.165) is 31.4 Å². The first-order valence-electron chi connectivity index (χ1n) is 9.09. The van der Waals surface area contributed by atoms with Crippen LogP contribution in [-0.4, -0.2) is 19.0 Å². The first kappa shape index (κ1) is 15.4. The van der Waals surface area contributed by atoms with Gasteiger partial charge in [0.1, 0.15) is 6.10 Å². The largest absolute Gasteiger partial charge is 0.402 e. The van der Waals surface area contributed by atoms with Crippen molar-refractivity contribution in [3.05, 3.63) is 23.4 Å². The number of methoxy groups -OCH3 is 1. The highest BCUT2D eigenvalue weighted by molar-refractivity contribution is 5.87. The van der Waals surface area contributed by atoms with Crippen molar-refractivity contribution in [2.24, 2.45) is 34.3 Å². The topological polar surface area (TPSA) is 52.3 Å². The highest BCUT2D eigenvalue weighted by Gasteiger charge is 2.61. The van der Waals surface area contributed by atoms with Crippen molar-refractivity contribution in [1.29, 1.82) is 0 Å². The maximum Gasteiger partial charge on any atom is 0.162 e. The molecule has 6 atom stereocenters. The number of fused-ring (bicyclic) bond motifs is 5. The maximum atomic E-state index is 12.5. The molecule has 0 radical (unpaired) electrons. The van der Waals surface area contributed by atoms with Crippen molar-refractivity contribution >= 4 is 5.78 Å². The van der Waals surface area contributed by atoms with E-state index in [-0.39, 0.29) is 16.9 Å². The van der Waals surface area contributed by atoms with E-state index in [2.05, 4.69) is 26.0 Å². The molecule has 0 aliphatic heterocycles. The van der Waals surface area contributed by atoms with Gasteiger partial charge in [0.25, 0.3) is 0 Å². The van der Waals surface area contributed by atoms with Crippen LogP contribution in [0.3, 0.4) is 0 Å². The van der Waals surface area contributed by atoms with Crippen LogP contribution in [0.1, 0.15) is 52.4 Å². The van der Waals surface area contributed by atoms with E-state index in [1.807, 2.05) is 0 Å². The Kier molecular flexibility index (Phi) is 3.32.